The Bertz CT molecular complexity index is 723. The molecule has 2 fully saturated rings. The standard InChI is InChI=1S/C20H29N5.ClH/c1-16-3-4-17(19(13-16)20-5-7-22-23(20)2)14-24-10-6-18(15-24)25-11-8-21-9-12-25;/h3-5,7,13,18,21H,6,8-12,14-15H2,1-2H3;1H. The number of hydrogen-bond acceptors (Lipinski definition) is 4. The summed E-state index contributed by atoms with van der Waals surface area (Å²) in [5.41, 5.74) is 5.25. The van der Waals surface area contributed by atoms with Crippen molar-refractivity contribution in [1.82, 2.24) is 24.9 Å². The summed E-state index contributed by atoms with van der Waals surface area (Å²) in [7, 11) is 2.03. The molecule has 4 rings (SSSR count). The fraction of sp³-hybridized carbons (Fsp3) is 0.550. The Kier molecular flexibility index (Phi) is 6.35. The highest BCUT2D eigenvalue weighted by Crippen LogP contribution is 2.27. The van der Waals surface area contributed by atoms with Crippen LogP contribution in [0.2, 0.25) is 0 Å². The number of likely N-dealkylation sites (tertiary alicyclic amines) is 1. The molecule has 142 valence electrons. The monoisotopic (exact) mass is 375 g/mol. The Morgan fingerprint density at radius 1 is 1.15 bits per heavy atom. The number of halogens is 1. The number of piperazine rings is 1. The summed E-state index contributed by atoms with van der Waals surface area (Å²) in [6.07, 6.45) is 3.19. The molecule has 1 N–H and O–H groups in total. The topological polar surface area (TPSA) is 36.3 Å². The van der Waals surface area contributed by atoms with Gasteiger partial charge in [-0.25, -0.2) is 0 Å². The molecule has 1 aromatic heterocycles. The molecule has 2 aliphatic rings. The molecule has 2 aliphatic heterocycles. The molecule has 0 bridgehead atoms. The van der Waals surface area contributed by atoms with Crippen LogP contribution >= 0.6 is 12.4 Å². The molecule has 0 spiro atoms. The van der Waals surface area contributed by atoms with Gasteiger partial charge >= 0.3 is 0 Å². The van der Waals surface area contributed by atoms with Gasteiger partial charge in [-0.05, 0) is 31.0 Å². The highest BCUT2D eigenvalue weighted by atomic mass is 35.5. The van der Waals surface area contributed by atoms with Gasteiger partial charge in [0.05, 0.1) is 5.69 Å². The molecular formula is C20H30ClN5. The van der Waals surface area contributed by atoms with Crippen molar-refractivity contribution in [1.29, 1.82) is 0 Å². The van der Waals surface area contributed by atoms with Crippen LogP contribution in [0, 0.1) is 6.92 Å². The Morgan fingerprint density at radius 2 is 1.96 bits per heavy atom. The number of aryl methyl sites for hydroxylation is 2. The zero-order valence-electron chi connectivity index (χ0n) is 15.8. The molecule has 1 atom stereocenters. The second-order valence-electron chi connectivity index (χ2n) is 7.46. The number of rotatable bonds is 4. The van der Waals surface area contributed by atoms with Crippen LogP contribution in [0.5, 0.6) is 0 Å². The predicted molar refractivity (Wildman–Crippen MR) is 109 cm³/mol. The van der Waals surface area contributed by atoms with E-state index in [9.17, 15) is 0 Å². The van der Waals surface area contributed by atoms with E-state index >= 15 is 0 Å². The van der Waals surface area contributed by atoms with Crippen molar-refractivity contribution in [3.05, 3.63) is 41.6 Å². The van der Waals surface area contributed by atoms with Gasteiger partial charge in [-0.3, -0.25) is 14.5 Å². The third kappa shape index (κ3) is 4.12. The fourth-order valence-electron chi connectivity index (χ4n) is 4.25. The third-order valence-electron chi connectivity index (χ3n) is 5.67. The van der Waals surface area contributed by atoms with Crippen molar-refractivity contribution >= 4 is 12.4 Å². The van der Waals surface area contributed by atoms with E-state index < -0.39 is 0 Å². The molecule has 3 heterocycles. The van der Waals surface area contributed by atoms with Crippen molar-refractivity contribution in [2.45, 2.75) is 25.9 Å². The van der Waals surface area contributed by atoms with E-state index in [1.807, 2.05) is 17.9 Å². The van der Waals surface area contributed by atoms with E-state index in [4.69, 9.17) is 0 Å². The van der Waals surface area contributed by atoms with Crippen LogP contribution < -0.4 is 5.32 Å². The lowest BCUT2D eigenvalue weighted by atomic mass is 10.0. The first-order valence-electron chi connectivity index (χ1n) is 9.46. The van der Waals surface area contributed by atoms with Crippen LogP contribution in [0.15, 0.2) is 30.5 Å². The number of nitrogens with one attached hydrogen (secondary N) is 1. The van der Waals surface area contributed by atoms with Crippen LogP contribution in [-0.4, -0.2) is 64.9 Å². The Labute approximate surface area is 162 Å². The highest BCUT2D eigenvalue weighted by Gasteiger charge is 2.28. The lowest BCUT2D eigenvalue weighted by molar-refractivity contribution is 0.170. The molecule has 0 aliphatic carbocycles. The van der Waals surface area contributed by atoms with Gasteiger partial charge in [-0.1, -0.05) is 17.7 Å². The summed E-state index contributed by atoms with van der Waals surface area (Å²) in [4.78, 5) is 5.30. The Balaban J connectivity index is 0.00000196. The zero-order valence-corrected chi connectivity index (χ0v) is 16.6. The lowest BCUT2D eigenvalue weighted by Crippen LogP contribution is -2.49. The van der Waals surface area contributed by atoms with Crippen molar-refractivity contribution < 1.29 is 0 Å². The molecule has 5 nitrogen and oxygen atoms in total. The largest absolute Gasteiger partial charge is 0.314 e. The van der Waals surface area contributed by atoms with E-state index in [0.717, 1.165) is 25.7 Å². The second-order valence-corrected chi connectivity index (χ2v) is 7.46. The number of benzene rings is 1. The average molecular weight is 376 g/mol. The first kappa shape index (κ1) is 19.4. The molecule has 26 heavy (non-hydrogen) atoms. The Hall–Kier alpha value is -1.40. The SMILES string of the molecule is Cc1ccc(CN2CCC(N3CCNCC3)C2)c(-c2ccnn2C)c1.Cl. The number of aromatic nitrogens is 2. The van der Waals surface area contributed by atoms with Crippen molar-refractivity contribution in [3.63, 3.8) is 0 Å². The maximum absolute atomic E-state index is 4.36. The average Bonchev–Trinajstić information content (AvgIpc) is 3.26. The van der Waals surface area contributed by atoms with Gasteiger partial charge in [-0.2, -0.15) is 5.10 Å². The summed E-state index contributed by atoms with van der Waals surface area (Å²) in [6.45, 7) is 10.3. The minimum atomic E-state index is 0. The molecule has 2 aromatic rings. The number of hydrogen-bond donors (Lipinski definition) is 1. The van der Waals surface area contributed by atoms with Crippen LogP contribution in [0.25, 0.3) is 11.3 Å². The van der Waals surface area contributed by atoms with Gasteiger partial charge in [-0.15, -0.1) is 12.4 Å². The maximum atomic E-state index is 4.36. The minimum absolute atomic E-state index is 0. The summed E-state index contributed by atoms with van der Waals surface area (Å²) in [6, 6.07) is 9.68. The van der Waals surface area contributed by atoms with Crippen LogP contribution in [-0.2, 0) is 13.6 Å². The van der Waals surface area contributed by atoms with Gasteiger partial charge in [0.25, 0.3) is 0 Å². The molecule has 0 saturated carbocycles. The fourth-order valence-corrected chi connectivity index (χ4v) is 4.25. The van der Waals surface area contributed by atoms with Gasteiger partial charge in [0.2, 0.25) is 0 Å². The summed E-state index contributed by atoms with van der Waals surface area (Å²) >= 11 is 0. The first-order chi connectivity index (χ1) is 12.2. The first-order valence-corrected chi connectivity index (χ1v) is 9.46. The quantitative estimate of drug-likeness (QED) is 0.889. The van der Waals surface area contributed by atoms with Crippen molar-refractivity contribution in [2.24, 2.45) is 7.05 Å². The zero-order chi connectivity index (χ0) is 17.2. The maximum Gasteiger partial charge on any atom is 0.0682 e. The van der Waals surface area contributed by atoms with Gasteiger partial charge in [0.15, 0.2) is 0 Å². The molecule has 0 radical (unpaired) electrons. The van der Waals surface area contributed by atoms with Gasteiger partial charge in [0, 0.05) is 70.7 Å². The van der Waals surface area contributed by atoms with Crippen LogP contribution in [0.4, 0.5) is 0 Å². The van der Waals surface area contributed by atoms with Crippen LogP contribution in [0.1, 0.15) is 17.5 Å². The van der Waals surface area contributed by atoms with E-state index in [0.29, 0.717) is 0 Å². The number of nitrogens with zero attached hydrogens (tertiary/aromatic N) is 4. The Morgan fingerprint density at radius 3 is 2.69 bits per heavy atom. The summed E-state index contributed by atoms with van der Waals surface area (Å²) < 4.78 is 1.98. The van der Waals surface area contributed by atoms with Crippen molar-refractivity contribution in [3.8, 4) is 11.3 Å². The molecule has 6 heteroatoms. The van der Waals surface area contributed by atoms with E-state index in [2.05, 4.69) is 51.4 Å². The molecule has 1 aromatic carbocycles. The summed E-state index contributed by atoms with van der Waals surface area (Å²) in [5.74, 6) is 0. The van der Waals surface area contributed by atoms with Crippen LogP contribution in [0.3, 0.4) is 0 Å². The molecule has 2 saturated heterocycles. The second kappa shape index (κ2) is 8.53. The third-order valence-corrected chi connectivity index (χ3v) is 5.67. The lowest BCUT2D eigenvalue weighted by Gasteiger charge is -2.32. The van der Waals surface area contributed by atoms with E-state index in [1.54, 1.807) is 0 Å². The molecule has 0 amide bonds. The predicted octanol–water partition coefficient (Wildman–Crippen LogP) is 2.30. The minimum Gasteiger partial charge on any atom is -0.314 e. The van der Waals surface area contributed by atoms with E-state index in [-0.39, 0.29) is 12.4 Å². The molecular weight excluding hydrogens is 346 g/mol. The highest BCUT2D eigenvalue weighted by molar-refractivity contribution is 5.85. The van der Waals surface area contributed by atoms with Crippen molar-refractivity contribution in [2.75, 3.05) is 39.3 Å². The summed E-state index contributed by atoms with van der Waals surface area (Å²) in [5, 5.41) is 7.82. The van der Waals surface area contributed by atoms with Gasteiger partial charge < -0.3 is 5.32 Å². The normalized spacial score (nSPS) is 21.7. The van der Waals surface area contributed by atoms with Gasteiger partial charge in [0.1, 0.15) is 0 Å². The smallest absolute Gasteiger partial charge is 0.0682 e. The molecule has 1 unspecified atom stereocenters. The van der Waals surface area contributed by atoms with E-state index in [1.165, 1.54) is 55.0 Å².